The maximum absolute atomic E-state index is 13.6. The first-order chi connectivity index (χ1) is 10.1. The lowest BCUT2D eigenvalue weighted by molar-refractivity contribution is 0.0994. The Kier molecular flexibility index (Phi) is 3.39. The highest BCUT2D eigenvalue weighted by Gasteiger charge is 2.12. The van der Waals surface area contributed by atoms with E-state index in [0.717, 1.165) is 22.3 Å². The third-order valence-corrected chi connectivity index (χ3v) is 4.19. The summed E-state index contributed by atoms with van der Waals surface area (Å²) in [6.07, 6.45) is 0. The summed E-state index contributed by atoms with van der Waals surface area (Å²) in [5, 5.41) is 0. The van der Waals surface area contributed by atoms with Gasteiger partial charge in [-0.15, -0.1) is 0 Å². The molecule has 0 unspecified atom stereocenters. The van der Waals surface area contributed by atoms with Gasteiger partial charge in [0.05, 0.1) is 15.8 Å². The van der Waals surface area contributed by atoms with Crippen molar-refractivity contribution in [3.63, 3.8) is 0 Å². The lowest BCUT2D eigenvalue weighted by Gasteiger charge is -1.98. The van der Waals surface area contributed by atoms with Gasteiger partial charge in [-0.2, -0.15) is 4.99 Å². The molecule has 2 aromatic carbocycles. The van der Waals surface area contributed by atoms with Crippen LogP contribution in [0.2, 0.25) is 0 Å². The quantitative estimate of drug-likeness (QED) is 0.679. The van der Waals surface area contributed by atoms with Crippen LogP contribution < -0.4 is 4.80 Å². The second-order valence-corrected chi connectivity index (χ2v) is 5.46. The van der Waals surface area contributed by atoms with Gasteiger partial charge in [0, 0.05) is 13.1 Å². The van der Waals surface area contributed by atoms with Crippen molar-refractivity contribution in [3.05, 3.63) is 64.5 Å². The second-order valence-electron chi connectivity index (χ2n) is 4.45. The van der Waals surface area contributed by atoms with Crippen LogP contribution in [0.5, 0.6) is 0 Å². The smallest absolute Gasteiger partial charge is 0.282 e. The molecule has 0 radical (unpaired) electrons. The van der Waals surface area contributed by atoms with Gasteiger partial charge in [-0.3, -0.25) is 4.79 Å². The lowest BCUT2D eigenvalue weighted by Crippen LogP contribution is -2.14. The van der Waals surface area contributed by atoms with E-state index in [9.17, 15) is 13.6 Å². The second kappa shape index (κ2) is 5.21. The Bertz CT molecular complexity index is 911. The first-order valence-electron chi connectivity index (χ1n) is 6.15. The minimum absolute atomic E-state index is 0.242. The average Bonchev–Trinajstić information content (AvgIpc) is 2.76. The van der Waals surface area contributed by atoms with E-state index >= 15 is 0 Å². The molecule has 21 heavy (non-hydrogen) atoms. The van der Waals surface area contributed by atoms with E-state index in [1.165, 1.54) is 11.3 Å². The van der Waals surface area contributed by atoms with Crippen LogP contribution in [-0.2, 0) is 7.05 Å². The monoisotopic (exact) mass is 304 g/mol. The molecule has 0 aliphatic carbocycles. The number of aryl methyl sites for hydroxylation is 1. The van der Waals surface area contributed by atoms with Crippen molar-refractivity contribution >= 4 is 27.5 Å². The van der Waals surface area contributed by atoms with E-state index in [4.69, 9.17) is 0 Å². The molecule has 0 spiro atoms. The number of carbonyl (C=O) groups is 1. The van der Waals surface area contributed by atoms with Crippen LogP contribution >= 0.6 is 11.3 Å². The van der Waals surface area contributed by atoms with Gasteiger partial charge in [-0.25, -0.2) is 8.78 Å². The fourth-order valence-electron chi connectivity index (χ4n) is 2.00. The number of carbonyl (C=O) groups excluding carboxylic acids is 1. The maximum Gasteiger partial charge on any atom is 0.282 e. The number of rotatable bonds is 1. The van der Waals surface area contributed by atoms with Gasteiger partial charge in [0.25, 0.3) is 5.91 Å². The van der Waals surface area contributed by atoms with E-state index in [-0.39, 0.29) is 5.56 Å². The van der Waals surface area contributed by atoms with Crippen LogP contribution in [-0.4, -0.2) is 10.5 Å². The lowest BCUT2D eigenvalue weighted by atomic mass is 10.2. The third kappa shape index (κ3) is 2.50. The highest BCUT2D eigenvalue weighted by molar-refractivity contribution is 7.16. The van der Waals surface area contributed by atoms with Gasteiger partial charge in [-0.05, 0) is 24.3 Å². The largest absolute Gasteiger partial charge is 0.319 e. The van der Waals surface area contributed by atoms with Crippen LogP contribution in [0, 0.1) is 11.6 Å². The summed E-state index contributed by atoms with van der Waals surface area (Å²) in [6.45, 7) is 0. The first-order valence-corrected chi connectivity index (χ1v) is 6.96. The Balaban J connectivity index is 2.11. The Morgan fingerprint density at radius 3 is 2.67 bits per heavy atom. The molecule has 3 nitrogen and oxygen atoms in total. The zero-order valence-corrected chi connectivity index (χ0v) is 11.8. The number of nitrogens with zero attached hydrogens (tertiary/aromatic N) is 2. The van der Waals surface area contributed by atoms with E-state index in [2.05, 4.69) is 4.99 Å². The molecule has 0 aliphatic rings. The molecule has 0 saturated heterocycles. The number of amides is 1. The molecule has 0 bridgehead atoms. The number of halogens is 2. The molecule has 3 rings (SSSR count). The van der Waals surface area contributed by atoms with Crippen molar-refractivity contribution in [2.75, 3.05) is 0 Å². The maximum atomic E-state index is 13.6. The van der Waals surface area contributed by atoms with Crippen molar-refractivity contribution in [1.82, 2.24) is 4.57 Å². The SMILES string of the molecule is Cn1c(=NC(=O)c2ccc(F)cc2F)sc2ccccc21. The molecule has 0 saturated carbocycles. The Morgan fingerprint density at radius 2 is 1.95 bits per heavy atom. The normalized spacial score (nSPS) is 12.0. The number of aromatic nitrogens is 1. The van der Waals surface area contributed by atoms with Gasteiger partial charge in [0.2, 0.25) is 0 Å². The minimum atomic E-state index is -0.910. The molecule has 106 valence electrons. The van der Waals surface area contributed by atoms with Gasteiger partial charge < -0.3 is 4.57 Å². The molecule has 0 atom stereocenters. The molecule has 0 N–H and O–H groups in total. The summed E-state index contributed by atoms with van der Waals surface area (Å²) in [6, 6.07) is 10.4. The molecule has 1 aromatic heterocycles. The Hall–Kier alpha value is -2.34. The standard InChI is InChI=1S/C15H10F2N2OS/c1-19-12-4-2-3-5-13(12)21-15(19)18-14(20)10-7-6-9(16)8-11(10)17/h2-8H,1H3. The number of thiazole rings is 1. The highest BCUT2D eigenvalue weighted by Crippen LogP contribution is 2.16. The fraction of sp³-hybridized carbons (Fsp3) is 0.0667. The van der Waals surface area contributed by atoms with E-state index < -0.39 is 17.5 Å². The van der Waals surface area contributed by atoms with Gasteiger partial charge in [-0.1, -0.05) is 23.5 Å². The van der Waals surface area contributed by atoms with Gasteiger partial charge >= 0.3 is 0 Å². The molecule has 6 heteroatoms. The zero-order valence-electron chi connectivity index (χ0n) is 11.0. The molecule has 3 aromatic rings. The first kappa shape index (κ1) is 13.6. The van der Waals surface area contributed by atoms with Crippen LogP contribution in [0.4, 0.5) is 8.78 Å². The van der Waals surface area contributed by atoms with E-state index in [1.54, 1.807) is 11.6 Å². The topological polar surface area (TPSA) is 34.4 Å². The average molecular weight is 304 g/mol. The molecular formula is C15H10F2N2OS. The summed E-state index contributed by atoms with van der Waals surface area (Å²) in [5.74, 6) is -2.36. The number of para-hydroxylation sites is 1. The molecule has 1 heterocycles. The molecule has 1 amide bonds. The molecule has 0 aliphatic heterocycles. The number of hydrogen-bond acceptors (Lipinski definition) is 2. The van der Waals surface area contributed by atoms with E-state index in [1.807, 2.05) is 24.3 Å². The van der Waals surface area contributed by atoms with Crippen molar-refractivity contribution in [1.29, 1.82) is 0 Å². The summed E-state index contributed by atoms with van der Waals surface area (Å²) in [4.78, 5) is 16.4. The number of benzene rings is 2. The van der Waals surface area contributed by atoms with E-state index in [0.29, 0.717) is 10.9 Å². The van der Waals surface area contributed by atoms with Crippen molar-refractivity contribution in [2.45, 2.75) is 0 Å². The Labute approximate surface area is 122 Å². The van der Waals surface area contributed by atoms with Crippen molar-refractivity contribution in [3.8, 4) is 0 Å². The molecule has 0 fully saturated rings. The number of hydrogen-bond donors (Lipinski definition) is 0. The summed E-state index contributed by atoms with van der Waals surface area (Å²) < 4.78 is 29.2. The van der Waals surface area contributed by atoms with Crippen molar-refractivity contribution < 1.29 is 13.6 Å². The Morgan fingerprint density at radius 1 is 1.19 bits per heavy atom. The minimum Gasteiger partial charge on any atom is -0.319 e. The fourth-order valence-corrected chi connectivity index (χ4v) is 3.01. The van der Waals surface area contributed by atoms with Crippen LogP contribution in [0.25, 0.3) is 10.2 Å². The van der Waals surface area contributed by atoms with Gasteiger partial charge in [0.1, 0.15) is 11.6 Å². The highest BCUT2D eigenvalue weighted by atomic mass is 32.1. The molecular weight excluding hydrogens is 294 g/mol. The summed E-state index contributed by atoms with van der Waals surface area (Å²) in [7, 11) is 1.78. The van der Waals surface area contributed by atoms with Gasteiger partial charge in [0.15, 0.2) is 4.80 Å². The summed E-state index contributed by atoms with van der Waals surface area (Å²) >= 11 is 1.33. The predicted molar refractivity (Wildman–Crippen MR) is 77.0 cm³/mol. The number of fused-ring (bicyclic) bond motifs is 1. The van der Waals surface area contributed by atoms with Crippen molar-refractivity contribution in [2.24, 2.45) is 12.0 Å². The third-order valence-electron chi connectivity index (χ3n) is 3.07. The van der Waals surface area contributed by atoms with Crippen LogP contribution in [0.1, 0.15) is 10.4 Å². The summed E-state index contributed by atoms with van der Waals surface area (Å²) in [5.41, 5.74) is 0.697. The predicted octanol–water partition coefficient (Wildman–Crippen LogP) is 3.26. The van der Waals surface area contributed by atoms with Crippen LogP contribution in [0.3, 0.4) is 0 Å². The van der Waals surface area contributed by atoms with Crippen LogP contribution in [0.15, 0.2) is 47.5 Å². The zero-order chi connectivity index (χ0) is 15.0.